The van der Waals surface area contributed by atoms with E-state index < -0.39 is 5.56 Å². The monoisotopic (exact) mass is 287 g/mol. The Morgan fingerprint density at radius 3 is 2.65 bits per heavy atom. The van der Waals surface area contributed by atoms with E-state index in [0.717, 1.165) is 5.56 Å². The maximum Gasteiger partial charge on any atom is 0.270 e. The fraction of sp³-hybridized carbons (Fsp3) is 0.214. The predicted octanol–water partition coefficient (Wildman–Crippen LogP) is 1.57. The molecule has 0 unspecified atom stereocenters. The Balaban J connectivity index is 2.53. The molecule has 1 heterocycles. The predicted molar refractivity (Wildman–Crippen MR) is 77.6 cm³/mol. The lowest BCUT2D eigenvalue weighted by Crippen LogP contribution is -2.14. The number of H-pyrrole nitrogens is 1. The highest BCUT2D eigenvalue weighted by molar-refractivity contribution is 7.98. The van der Waals surface area contributed by atoms with E-state index >= 15 is 0 Å². The van der Waals surface area contributed by atoms with Gasteiger partial charge in [0.1, 0.15) is 11.6 Å². The Kier molecular flexibility index (Phi) is 4.56. The molecule has 0 bridgehead atoms. The number of aliphatic hydroxyl groups is 1. The zero-order valence-electron chi connectivity index (χ0n) is 10.9. The number of hydrogen-bond donors (Lipinski definition) is 2. The quantitative estimate of drug-likeness (QED) is 0.658. The Hall–Kier alpha value is -2.10. The number of benzene rings is 1. The molecule has 0 spiro atoms. The second-order valence-electron chi connectivity index (χ2n) is 4.08. The number of aromatic amines is 1. The van der Waals surface area contributed by atoms with Crippen LogP contribution in [0.2, 0.25) is 0 Å². The van der Waals surface area contributed by atoms with Crippen LogP contribution in [0.4, 0.5) is 0 Å². The lowest BCUT2D eigenvalue weighted by Gasteiger charge is -2.06. The molecule has 0 aliphatic rings. The summed E-state index contributed by atoms with van der Waals surface area (Å²) in [6.07, 6.45) is 2.38. The molecule has 2 aromatic rings. The summed E-state index contributed by atoms with van der Waals surface area (Å²) in [5.41, 5.74) is 1.67. The number of hydrogen-bond acceptors (Lipinski definition) is 5. The molecule has 20 heavy (non-hydrogen) atoms. The Morgan fingerprint density at radius 2 is 2.10 bits per heavy atom. The van der Waals surface area contributed by atoms with Crippen molar-refractivity contribution in [2.75, 3.05) is 12.9 Å². The molecule has 5 nitrogen and oxygen atoms in total. The summed E-state index contributed by atoms with van der Waals surface area (Å²) in [5.74, 6) is 0. The minimum absolute atomic E-state index is 0.0118. The van der Waals surface area contributed by atoms with Crippen LogP contribution in [0.3, 0.4) is 0 Å². The van der Waals surface area contributed by atoms with Crippen LogP contribution >= 0.6 is 11.8 Å². The highest BCUT2D eigenvalue weighted by atomic mass is 32.2. The van der Waals surface area contributed by atoms with Gasteiger partial charge in [-0.05, 0) is 18.2 Å². The van der Waals surface area contributed by atoms with Crippen molar-refractivity contribution in [3.8, 4) is 17.3 Å². The molecule has 2 N–H and O–H groups in total. The molecule has 0 saturated carbocycles. The molecule has 1 aromatic heterocycles. The van der Waals surface area contributed by atoms with Crippen LogP contribution in [0.15, 0.2) is 34.2 Å². The first kappa shape index (κ1) is 14.3. The van der Waals surface area contributed by atoms with Gasteiger partial charge in [0, 0.05) is 12.2 Å². The summed E-state index contributed by atoms with van der Waals surface area (Å²) in [6, 6.07) is 9.22. The van der Waals surface area contributed by atoms with Crippen LogP contribution in [0.1, 0.15) is 11.1 Å². The van der Waals surface area contributed by atoms with Crippen molar-refractivity contribution in [3.63, 3.8) is 0 Å². The second-order valence-corrected chi connectivity index (χ2v) is 4.88. The van der Waals surface area contributed by atoms with Crippen molar-refractivity contribution in [2.24, 2.45) is 0 Å². The van der Waals surface area contributed by atoms with Gasteiger partial charge in [-0.15, -0.1) is 0 Å². The number of nitriles is 1. The number of thioether (sulfide) groups is 1. The lowest BCUT2D eigenvalue weighted by atomic mass is 10.0. The molecule has 1 aromatic carbocycles. The molecule has 0 amide bonds. The number of nitrogens with zero attached hydrogens (tertiary/aromatic N) is 2. The minimum atomic E-state index is -0.429. The maximum atomic E-state index is 11.8. The van der Waals surface area contributed by atoms with Crippen molar-refractivity contribution in [1.82, 2.24) is 9.97 Å². The Morgan fingerprint density at radius 1 is 1.40 bits per heavy atom. The molecule has 0 radical (unpaired) electrons. The van der Waals surface area contributed by atoms with E-state index in [9.17, 15) is 4.79 Å². The van der Waals surface area contributed by atoms with Crippen molar-refractivity contribution < 1.29 is 5.11 Å². The minimum Gasteiger partial charge on any atom is -0.396 e. The Bertz CT molecular complexity index is 702. The van der Waals surface area contributed by atoms with Gasteiger partial charge in [-0.25, -0.2) is 4.98 Å². The fourth-order valence-corrected chi connectivity index (χ4v) is 2.20. The fourth-order valence-electron chi connectivity index (χ4n) is 1.82. The van der Waals surface area contributed by atoms with E-state index in [-0.39, 0.29) is 12.2 Å². The first-order valence-corrected chi connectivity index (χ1v) is 7.20. The highest BCUT2D eigenvalue weighted by Gasteiger charge is 2.12. The van der Waals surface area contributed by atoms with Gasteiger partial charge in [-0.1, -0.05) is 36.0 Å². The first-order chi connectivity index (χ1) is 9.69. The van der Waals surface area contributed by atoms with Crippen LogP contribution in [0.25, 0.3) is 11.3 Å². The van der Waals surface area contributed by atoms with Crippen LogP contribution in [0, 0.1) is 11.3 Å². The zero-order valence-corrected chi connectivity index (χ0v) is 11.7. The van der Waals surface area contributed by atoms with E-state index in [1.165, 1.54) is 11.8 Å². The van der Waals surface area contributed by atoms with Gasteiger partial charge in [0.2, 0.25) is 0 Å². The third kappa shape index (κ3) is 2.90. The van der Waals surface area contributed by atoms with Crippen molar-refractivity contribution in [2.45, 2.75) is 11.6 Å². The van der Waals surface area contributed by atoms with Crippen LogP contribution in [-0.4, -0.2) is 27.9 Å². The summed E-state index contributed by atoms with van der Waals surface area (Å²) in [5, 5.41) is 18.5. The van der Waals surface area contributed by atoms with Gasteiger partial charge in [0.15, 0.2) is 5.16 Å². The summed E-state index contributed by atoms with van der Waals surface area (Å²) < 4.78 is 0. The highest BCUT2D eigenvalue weighted by Crippen LogP contribution is 2.21. The van der Waals surface area contributed by atoms with E-state index in [4.69, 9.17) is 10.4 Å². The normalized spacial score (nSPS) is 10.2. The standard InChI is InChI=1S/C14H13N3O2S/c1-20-14-16-12(11(8-15)13(19)17-14)10-4-2-9(3-5-10)6-7-18/h2-5,18H,6-7H2,1H3,(H,16,17,19). The molecule has 0 aliphatic carbocycles. The molecule has 0 fully saturated rings. The van der Waals surface area contributed by atoms with Crippen LogP contribution in [-0.2, 0) is 6.42 Å². The summed E-state index contributed by atoms with van der Waals surface area (Å²) in [7, 11) is 0. The average Bonchev–Trinajstić information content (AvgIpc) is 2.47. The second kappa shape index (κ2) is 6.37. The van der Waals surface area contributed by atoms with Crippen LogP contribution in [0.5, 0.6) is 0 Å². The lowest BCUT2D eigenvalue weighted by molar-refractivity contribution is 0.299. The number of aromatic nitrogens is 2. The third-order valence-corrected chi connectivity index (χ3v) is 3.41. The van der Waals surface area contributed by atoms with Crippen molar-refractivity contribution in [3.05, 3.63) is 45.7 Å². The SMILES string of the molecule is CSc1nc(-c2ccc(CCO)cc2)c(C#N)c(=O)[nH]1. The van der Waals surface area contributed by atoms with Gasteiger partial charge in [-0.2, -0.15) is 5.26 Å². The largest absolute Gasteiger partial charge is 0.396 e. The van der Waals surface area contributed by atoms with Crippen molar-refractivity contribution >= 4 is 11.8 Å². The van der Waals surface area contributed by atoms with Gasteiger partial charge in [-0.3, -0.25) is 4.79 Å². The molecule has 102 valence electrons. The Labute approximate surface area is 120 Å². The zero-order chi connectivity index (χ0) is 14.5. The van der Waals surface area contributed by atoms with Gasteiger partial charge in [0.05, 0.1) is 5.69 Å². The third-order valence-electron chi connectivity index (χ3n) is 2.83. The van der Waals surface area contributed by atoms with Gasteiger partial charge >= 0.3 is 0 Å². The summed E-state index contributed by atoms with van der Waals surface area (Å²) in [6.45, 7) is 0.0860. The summed E-state index contributed by atoms with van der Waals surface area (Å²) in [4.78, 5) is 18.7. The van der Waals surface area contributed by atoms with E-state index in [1.807, 2.05) is 18.2 Å². The maximum absolute atomic E-state index is 11.8. The molecule has 6 heteroatoms. The smallest absolute Gasteiger partial charge is 0.270 e. The average molecular weight is 287 g/mol. The number of rotatable bonds is 4. The molecule has 0 aliphatic heterocycles. The van der Waals surface area contributed by atoms with E-state index in [0.29, 0.717) is 22.8 Å². The molecule has 0 atom stereocenters. The number of aliphatic hydroxyl groups excluding tert-OH is 1. The van der Waals surface area contributed by atoms with Gasteiger partial charge in [0.25, 0.3) is 5.56 Å². The van der Waals surface area contributed by atoms with E-state index in [1.54, 1.807) is 18.4 Å². The van der Waals surface area contributed by atoms with Crippen molar-refractivity contribution in [1.29, 1.82) is 5.26 Å². The van der Waals surface area contributed by atoms with E-state index in [2.05, 4.69) is 9.97 Å². The molecule has 2 rings (SSSR count). The summed E-state index contributed by atoms with van der Waals surface area (Å²) >= 11 is 1.31. The molecular weight excluding hydrogens is 274 g/mol. The van der Waals surface area contributed by atoms with Gasteiger partial charge < -0.3 is 10.1 Å². The molecule has 0 saturated heterocycles. The van der Waals surface area contributed by atoms with Crippen LogP contribution < -0.4 is 5.56 Å². The topological polar surface area (TPSA) is 89.8 Å². The number of nitrogens with one attached hydrogen (secondary N) is 1. The first-order valence-electron chi connectivity index (χ1n) is 5.98. The molecular formula is C14H13N3O2S.